The molecule has 0 saturated carbocycles. The maximum atomic E-state index is 11.8. The molecule has 1 amide bonds. The summed E-state index contributed by atoms with van der Waals surface area (Å²) in [6.07, 6.45) is 1.95. The second-order valence-corrected chi connectivity index (χ2v) is 4.90. The van der Waals surface area contributed by atoms with Gasteiger partial charge in [0.05, 0.1) is 4.92 Å². The van der Waals surface area contributed by atoms with E-state index in [0.29, 0.717) is 17.8 Å². The standard InChI is InChI=1S/C14H21N3O3/c1-4-5-8-15-12-7-6-11(9-13(12)17(19)20)14(18)16-10(2)3/h6-7,9-10,15H,4-5,8H2,1-3H3,(H,16,18). The summed E-state index contributed by atoms with van der Waals surface area (Å²) in [5, 5.41) is 16.8. The van der Waals surface area contributed by atoms with Crippen LogP contribution in [0.5, 0.6) is 0 Å². The van der Waals surface area contributed by atoms with Crippen molar-refractivity contribution in [2.24, 2.45) is 0 Å². The first-order valence-corrected chi connectivity index (χ1v) is 6.78. The van der Waals surface area contributed by atoms with Crippen molar-refractivity contribution in [3.05, 3.63) is 33.9 Å². The van der Waals surface area contributed by atoms with E-state index in [1.54, 1.807) is 12.1 Å². The smallest absolute Gasteiger partial charge is 0.293 e. The zero-order valence-electron chi connectivity index (χ0n) is 12.1. The van der Waals surface area contributed by atoms with Crippen LogP contribution in [0.15, 0.2) is 18.2 Å². The molecule has 0 aliphatic carbocycles. The first-order valence-electron chi connectivity index (χ1n) is 6.78. The predicted molar refractivity (Wildman–Crippen MR) is 79.1 cm³/mol. The summed E-state index contributed by atoms with van der Waals surface area (Å²) in [5.74, 6) is -0.303. The van der Waals surface area contributed by atoms with E-state index in [9.17, 15) is 14.9 Å². The van der Waals surface area contributed by atoms with Gasteiger partial charge < -0.3 is 10.6 Å². The molecule has 6 heteroatoms. The fourth-order valence-electron chi connectivity index (χ4n) is 1.72. The van der Waals surface area contributed by atoms with Crippen molar-refractivity contribution in [1.82, 2.24) is 5.32 Å². The molecule has 0 aromatic heterocycles. The van der Waals surface area contributed by atoms with E-state index < -0.39 is 4.92 Å². The summed E-state index contributed by atoms with van der Waals surface area (Å²) < 4.78 is 0. The van der Waals surface area contributed by atoms with Crippen molar-refractivity contribution in [3.63, 3.8) is 0 Å². The molecule has 0 radical (unpaired) electrons. The highest BCUT2D eigenvalue weighted by molar-refractivity contribution is 5.95. The molecule has 1 aromatic carbocycles. The van der Waals surface area contributed by atoms with Gasteiger partial charge in [-0.15, -0.1) is 0 Å². The second-order valence-electron chi connectivity index (χ2n) is 4.90. The maximum absolute atomic E-state index is 11.8. The Balaban J connectivity index is 2.94. The lowest BCUT2D eigenvalue weighted by Gasteiger charge is -2.10. The van der Waals surface area contributed by atoms with Crippen molar-refractivity contribution in [2.45, 2.75) is 39.7 Å². The van der Waals surface area contributed by atoms with Gasteiger partial charge in [0.15, 0.2) is 0 Å². The van der Waals surface area contributed by atoms with Gasteiger partial charge in [-0.2, -0.15) is 0 Å². The number of rotatable bonds is 7. The molecule has 1 aromatic rings. The average molecular weight is 279 g/mol. The molecule has 0 saturated heterocycles. The molecule has 0 spiro atoms. The van der Waals surface area contributed by atoms with Crippen LogP contribution in [-0.2, 0) is 0 Å². The van der Waals surface area contributed by atoms with Gasteiger partial charge in [-0.05, 0) is 32.4 Å². The molecule has 0 fully saturated rings. The first-order chi connectivity index (χ1) is 9.45. The molecule has 110 valence electrons. The van der Waals surface area contributed by atoms with Gasteiger partial charge in [0.25, 0.3) is 11.6 Å². The molecular weight excluding hydrogens is 258 g/mol. The van der Waals surface area contributed by atoms with Crippen LogP contribution in [0.1, 0.15) is 44.0 Å². The molecule has 1 rings (SSSR count). The number of unbranched alkanes of at least 4 members (excludes halogenated alkanes) is 1. The van der Waals surface area contributed by atoms with Gasteiger partial charge in [-0.25, -0.2) is 0 Å². The number of carbonyl (C=O) groups excluding carboxylic acids is 1. The Morgan fingerprint density at radius 3 is 2.65 bits per heavy atom. The number of anilines is 1. The Kier molecular flexibility index (Phi) is 5.96. The van der Waals surface area contributed by atoms with Crippen LogP contribution >= 0.6 is 0 Å². The summed E-state index contributed by atoms with van der Waals surface area (Å²) in [5.41, 5.74) is 0.675. The van der Waals surface area contributed by atoms with E-state index in [-0.39, 0.29) is 17.6 Å². The molecular formula is C14H21N3O3. The minimum atomic E-state index is -0.472. The summed E-state index contributed by atoms with van der Waals surface area (Å²) >= 11 is 0. The van der Waals surface area contributed by atoms with E-state index in [0.717, 1.165) is 12.8 Å². The highest BCUT2D eigenvalue weighted by Crippen LogP contribution is 2.25. The fourth-order valence-corrected chi connectivity index (χ4v) is 1.72. The van der Waals surface area contributed by atoms with Gasteiger partial charge >= 0.3 is 0 Å². The molecule has 0 aliphatic rings. The van der Waals surface area contributed by atoms with E-state index in [2.05, 4.69) is 17.6 Å². The summed E-state index contributed by atoms with van der Waals surface area (Å²) in [4.78, 5) is 22.5. The van der Waals surface area contributed by atoms with Crippen molar-refractivity contribution in [2.75, 3.05) is 11.9 Å². The topological polar surface area (TPSA) is 84.3 Å². The average Bonchev–Trinajstić information content (AvgIpc) is 2.38. The monoisotopic (exact) mass is 279 g/mol. The Labute approximate surface area is 118 Å². The van der Waals surface area contributed by atoms with Crippen LogP contribution in [0.3, 0.4) is 0 Å². The maximum Gasteiger partial charge on any atom is 0.293 e. The van der Waals surface area contributed by atoms with Gasteiger partial charge in [-0.3, -0.25) is 14.9 Å². The zero-order valence-corrected chi connectivity index (χ0v) is 12.1. The van der Waals surface area contributed by atoms with Crippen LogP contribution in [-0.4, -0.2) is 23.4 Å². The molecule has 2 N–H and O–H groups in total. The number of nitro benzene ring substituents is 1. The van der Waals surface area contributed by atoms with Crippen LogP contribution in [0.2, 0.25) is 0 Å². The number of carbonyl (C=O) groups is 1. The molecule has 6 nitrogen and oxygen atoms in total. The molecule has 0 bridgehead atoms. The van der Waals surface area contributed by atoms with Crippen molar-refractivity contribution in [1.29, 1.82) is 0 Å². The third-order valence-corrected chi connectivity index (χ3v) is 2.72. The Morgan fingerprint density at radius 1 is 1.40 bits per heavy atom. The third kappa shape index (κ3) is 4.53. The lowest BCUT2D eigenvalue weighted by atomic mass is 10.1. The highest BCUT2D eigenvalue weighted by Gasteiger charge is 2.17. The zero-order chi connectivity index (χ0) is 15.1. The van der Waals surface area contributed by atoms with Crippen LogP contribution in [0, 0.1) is 10.1 Å². The normalized spacial score (nSPS) is 10.4. The minimum absolute atomic E-state index is 0.0103. The third-order valence-electron chi connectivity index (χ3n) is 2.72. The van der Waals surface area contributed by atoms with Crippen LogP contribution < -0.4 is 10.6 Å². The number of nitro groups is 1. The van der Waals surface area contributed by atoms with Gasteiger partial charge in [0.1, 0.15) is 5.69 Å². The van der Waals surface area contributed by atoms with Gasteiger partial charge in [-0.1, -0.05) is 13.3 Å². The second kappa shape index (κ2) is 7.47. The summed E-state index contributed by atoms with van der Waals surface area (Å²) in [6, 6.07) is 4.48. The summed E-state index contributed by atoms with van der Waals surface area (Å²) in [6.45, 7) is 6.41. The number of amides is 1. The number of benzene rings is 1. The number of nitrogens with zero attached hydrogens (tertiary/aromatic N) is 1. The number of hydrogen-bond acceptors (Lipinski definition) is 4. The highest BCUT2D eigenvalue weighted by atomic mass is 16.6. The lowest BCUT2D eigenvalue weighted by molar-refractivity contribution is -0.384. The van der Waals surface area contributed by atoms with Gasteiger partial charge in [0, 0.05) is 24.2 Å². The van der Waals surface area contributed by atoms with Crippen LogP contribution in [0.4, 0.5) is 11.4 Å². The van der Waals surface area contributed by atoms with E-state index in [1.165, 1.54) is 6.07 Å². The lowest BCUT2D eigenvalue weighted by Crippen LogP contribution is -2.30. The molecule has 0 atom stereocenters. The van der Waals surface area contributed by atoms with Gasteiger partial charge in [0.2, 0.25) is 0 Å². The Bertz CT molecular complexity index is 487. The van der Waals surface area contributed by atoms with E-state index in [4.69, 9.17) is 0 Å². The number of hydrogen-bond donors (Lipinski definition) is 2. The van der Waals surface area contributed by atoms with Crippen molar-refractivity contribution < 1.29 is 9.72 Å². The largest absolute Gasteiger partial charge is 0.379 e. The fraction of sp³-hybridized carbons (Fsp3) is 0.500. The minimum Gasteiger partial charge on any atom is -0.379 e. The molecule has 0 heterocycles. The Hall–Kier alpha value is -2.11. The van der Waals surface area contributed by atoms with E-state index >= 15 is 0 Å². The van der Waals surface area contributed by atoms with Crippen molar-refractivity contribution in [3.8, 4) is 0 Å². The molecule has 0 aliphatic heterocycles. The Morgan fingerprint density at radius 2 is 2.10 bits per heavy atom. The van der Waals surface area contributed by atoms with E-state index in [1.807, 2.05) is 13.8 Å². The number of nitrogens with one attached hydrogen (secondary N) is 2. The molecule has 0 unspecified atom stereocenters. The summed E-state index contributed by atoms with van der Waals surface area (Å²) in [7, 11) is 0. The predicted octanol–water partition coefficient (Wildman–Crippen LogP) is 2.95. The molecule has 20 heavy (non-hydrogen) atoms. The first kappa shape index (κ1) is 15.9. The van der Waals surface area contributed by atoms with Crippen molar-refractivity contribution >= 4 is 17.3 Å². The van der Waals surface area contributed by atoms with Crippen LogP contribution in [0.25, 0.3) is 0 Å². The SMILES string of the molecule is CCCCNc1ccc(C(=O)NC(C)C)cc1[N+](=O)[O-]. The quantitative estimate of drug-likeness (QED) is 0.456.